The number of hydrogen-bond acceptors (Lipinski definition) is 3. The number of rotatable bonds is 3. The van der Waals surface area contributed by atoms with Gasteiger partial charge in [-0.1, -0.05) is 0 Å². The molecule has 0 saturated carbocycles. The highest BCUT2D eigenvalue weighted by atomic mass is 16.5. The van der Waals surface area contributed by atoms with Gasteiger partial charge in [0.1, 0.15) is 0 Å². The molecule has 1 fully saturated rings. The van der Waals surface area contributed by atoms with Gasteiger partial charge in [-0.3, -0.25) is 4.68 Å². The first-order chi connectivity index (χ1) is 6.75. The summed E-state index contributed by atoms with van der Waals surface area (Å²) in [6.45, 7) is 3.71. The van der Waals surface area contributed by atoms with Crippen LogP contribution in [0, 0.1) is 0 Å². The van der Waals surface area contributed by atoms with Crippen LogP contribution in [-0.4, -0.2) is 22.5 Å². The van der Waals surface area contributed by atoms with E-state index in [1.54, 1.807) is 0 Å². The van der Waals surface area contributed by atoms with Gasteiger partial charge in [-0.15, -0.1) is 0 Å². The smallest absolute Gasteiger partial charge is 0.0771 e. The van der Waals surface area contributed by atoms with Crippen molar-refractivity contribution in [3.05, 3.63) is 18.0 Å². The maximum Gasteiger partial charge on any atom is 0.0771 e. The number of aromatic nitrogens is 2. The lowest BCUT2D eigenvalue weighted by atomic mass is 10.2. The molecular weight excluding hydrogens is 178 g/mol. The van der Waals surface area contributed by atoms with Crippen LogP contribution < -0.4 is 5.73 Å². The summed E-state index contributed by atoms with van der Waals surface area (Å²) in [7, 11) is 0. The summed E-state index contributed by atoms with van der Waals surface area (Å²) in [6, 6.07) is 0.0632. The Labute approximate surface area is 84.0 Å². The summed E-state index contributed by atoms with van der Waals surface area (Å²) in [4.78, 5) is 0. The average molecular weight is 195 g/mol. The van der Waals surface area contributed by atoms with Gasteiger partial charge in [0.25, 0.3) is 0 Å². The van der Waals surface area contributed by atoms with Crippen molar-refractivity contribution < 1.29 is 4.74 Å². The molecule has 14 heavy (non-hydrogen) atoms. The quantitative estimate of drug-likeness (QED) is 0.785. The van der Waals surface area contributed by atoms with Gasteiger partial charge in [-0.2, -0.15) is 5.10 Å². The van der Waals surface area contributed by atoms with Gasteiger partial charge < -0.3 is 10.5 Å². The summed E-state index contributed by atoms with van der Waals surface area (Å²) in [5, 5.41) is 4.26. The van der Waals surface area contributed by atoms with Crippen LogP contribution in [0.1, 0.15) is 31.4 Å². The fraction of sp³-hybridized carbons (Fsp3) is 0.700. The topological polar surface area (TPSA) is 53.1 Å². The Morgan fingerprint density at radius 3 is 3.21 bits per heavy atom. The largest absolute Gasteiger partial charge is 0.376 e. The molecule has 0 aliphatic carbocycles. The van der Waals surface area contributed by atoms with E-state index >= 15 is 0 Å². The second-order valence-electron chi connectivity index (χ2n) is 3.92. The van der Waals surface area contributed by atoms with Crippen molar-refractivity contribution in [2.24, 2.45) is 5.73 Å². The molecule has 0 amide bonds. The number of nitrogens with two attached hydrogens (primary N) is 1. The van der Waals surface area contributed by atoms with Crippen molar-refractivity contribution in [2.75, 3.05) is 6.61 Å². The first kappa shape index (κ1) is 9.68. The molecule has 78 valence electrons. The Bertz CT molecular complexity index is 289. The summed E-state index contributed by atoms with van der Waals surface area (Å²) in [6.07, 6.45) is 6.50. The van der Waals surface area contributed by atoms with E-state index in [1.807, 2.05) is 24.0 Å². The highest BCUT2D eigenvalue weighted by molar-refractivity contribution is 5.08. The van der Waals surface area contributed by atoms with Crippen LogP contribution >= 0.6 is 0 Å². The molecule has 0 spiro atoms. The Morgan fingerprint density at radius 1 is 1.79 bits per heavy atom. The predicted molar refractivity (Wildman–Crippen MR) is 53.8 cm³/mol. The molecule has 0 bridgehead atoms. The second-order valence-corrected chi connectivity index (χ2v) is 3.92. The molecule has 2 rings (SSSR count). The minimum atomic E-state index is 0.0632. The second kappa shape index (κ2) is 4.11. The minimum absolute atomic E-state index is 0.0632. The third-order valence-electron chi connectivity index (χ3n) is 2.59. The molecule has 2 atom stereocenters. The lowest BCUT2D eigenvalue weighted by molar-refractivity contribution is 0.0940. The van der Waals surface area contributed by atoms with Crippen LogP contribution in [0.5, 0.6) is 0 Å². The summed E-state index contributed by atoms with van der Waals surface area (Å²) >= 11 is 0. The monoisotopic (exact) mass is 195 g/mol. The highest BCUT2D eigenvalue weighted by Crippen LogP contribution is 2.14. The molecule has 1 aliphatic rings. The Morgan fingerprint density at radius 2 is 2.64 bits per heavy atom. The normalized spacial score (nSPS) is 24.0. The fourth-order valence-electron chi connectivity index (χ4n) is 1.71. The van der Waals surface area contributed by atoms with E-state index in [-0.39, 0.29) is 6.04 Å². The molecule has 0 unspecified atom stereocenters. The van der Waals surface area contributed by atoms with Gasteiger partial charge in [0.15, 0.2) is 0 Å². The number of ether oxygens (including phenoxy) is 1. The molecule has 0 radical (unpaired) electrons. The van der Waals surface area contributed by atoms with Crippen molar-refractivity contribution in [1.82, 2.24) is 9.78 Å². The molecule has 4 nitrogen and oxygen atoms in total. The van der Waals surface area contributed by atoms with Crippen molar-refractivity contribution in [1.29, 1.82) is 0 Å². The van der Waals surface area contributed by atoms with E-state index in [4.69, 9.17) is 10.5 Å². The first-order valence-corrected chi connectivity index (χ1v) is 5.15. The van der Waals surface area contributed by atoms with E-state index < -0.39 is 0 Å². The van der Waals surface area contributed by atoms with Gasteiger partial charge in [-0.25, -0.2) is 0 Å². The van der Waals surface area contributed by atoms with Gasteiger partial charge in [0, 0.05) is 24.4 Å². The standard InChI is InChI=1S/C10H17N3O/c1-8(11)9-5-12-13(6-9)7-10-3-2-4-14-10/h5-6,8,10H,2-4,7,11H2,1H3/t8-,10+/m1/s1. The van der Waals surface area contributed by atoms with Gasteiger partial charge in [0.2, 0.25) is 0 Å². The van der Waals surface area contributed by atoms with Gasteiger partial charge in [-0.05, 0) is 19.8 Å². The predicted octanol–water partition coefficient (Wildman–Crippen LogP) is 1.08. The van der Waals surface area contributed by atoms with Crippen LogP contribution in [0.3, 0.4) is 0 Å². The van der Waals surface area contributed by atoms with Crippen molar-refractivity contribution in [3.63, 3.8) is 0 Å². The molecule has 2 N–H and O–H groups in total. The van der Waals surface area contributed by atoms with Crippen molar-refractivity contribution in [2.45, 2.75) is 38.5 Å². The lowest BCUT2D eigenvalue weighted by Crippen LogP contribution is -2.15. The fourth-order valence-corrected chi connectivity index (χ4v) is 1.71. The van der Waals surface area contributed by atoms with Crippen molar-refractivity contribution >= 4 is 0 Å². The van der Waals surface area contributed by atoms with Crippen LogP contribution in [0.4, 0.5) is 0 Å². The van der Waals surface area contributed by atoms with Gasteiger partial charge in [0.05, 0.1) is 18.8 Å². The summed E-state index contributed by atoms with van der Waals surface area (Å²) in [5.74, 6) is 0. The van der Waals surface area contributed by atoms with Crippen LogP contribution in [0.25, 0.3) is 0 Å². The molecule has 4 heteroatoms. The zero-order chi connectivity index (χ0) is 9.97. The van der Waals surface area contributed by atoms with Gasteiger partial charge >= 0.3 is 0 Å². The Balaban J connectivity index is 1.95. The molecule has 0 aromatic carbocycles. The summed E-state index contributed by atoms with van der Waals surface area (Å²) < 4.78 is 7.46. The third-order valence-corrected chi connectivity index (χ3v) is 2.59. The summed E-state index contributed by atoms with van der Waals surface area (Å²) in [5.41, 5.74) is 6.84. The zero-order valence-electron chi connectivity index (χ0n) is 8.52. The van der Waals surface area contributed by atoms with Crippen molar-refractivity contribution in [3.8, 4) is 0 Å². The Kier molecular flexibility index (Phi) is 2.84. The average Bonchev–Trinajstić information content (AvgIpc) is 2.75. The van der Waals surface area contributed by atoms with Crippen LogP contribution in [0.15, 0.2) is 12.4 Å². The van der Waals surface area contributed by atoms with E-state index in [9.17, 15) is 0 Å². The molecule has 1 aromatic heterocycles. The number of nitrogens with zero attached hydrogens (tertiary/aromatic N) is 2. The van der Waals surface area contributed by atoms with E-state index in [0.29, 0.717) is 6.10 Å². The molecular formula is C10H17N3O. The van der Waals surface area contributed by atoms with E-state index in [2.05, 4.69) is 5.10 Å². The maximum absolute atomic E-state index is 5.75. The third kappa shape index (κ3) is 2.13. The molecule has 1 aromatic rings. The molecule has 1 saturated heterocycles. The lowest BCUT2D eigenvalue weighted by Gasteiger charge is -2.08. The minimum Gasteiger partial charge on any atom is -0.376 e. The first-order valence-electron chi connectivity index (χ1n) is 5.15. The molecule has 2 heterocycles. The van der Waals surface area contributed by atoms with Crippen LogP contribution in [-0.2, 0) is 11.3 Å². The molecule has 1 aliphatic heterocycles. The highest BCUT2D eigenvalue weighted by Gasteiger charge is 2.16. The SMILES string of the molecule is C[C@@H](N)c1cnn(C[C@@H]2CCCO2)c1. The Hall–Kier alpha value is -0.870. The number of hydrogen-bond donors (Lipinski definition) is 1. The zero-order valence-corrected chi connectivity index (χ0v) is 8.52. The van der Waals surface area contributed by atoms with Crippen LogP contribution in [0.2, 0.25) is 0 Å². The van der Waals surface area contributed by atoms with E-state index in [0.717, 1.165) is 25.1 Å². The van der Waals surface area contributed by atoms with E-state index in [1.165, 1.54) is 6.42 Å². The maximum atomic E-state index is 5.75.